The Morgan fingerprint density at radius 1 is 0.750 bits per heavy atom. The Morgan fingerprint density at radius 2 is 1.32 bits per heavy atom. The average Bonchev–Trinajstić information content (AvgIpc) is 3.24. The first kappa shape index (κ1) is 29.9. The molecule has 13 nitrogen and oxygen atoms in total. The lowest BCUT2D eigenvalue weighted by Crippen LogP contribution is -2.03. The van der Waals surface area contributed by atoms with Crippen LogP contribution in [0.5, 0.6) is 0 Å². The zero-order valence-electron chi connectivity index (χ0n) is 21.9. The van der Waals surface area contributed by atoms with Crippen molar-refractivity contribution in [3.05, 3.63) is 84.5 Å². The molecule has 0 atom stereocenters. The molecule has 0 bridgehead atoms. The number of non-ortho nitro benzene ring substituents is 2. The van der Waals surface area contributed by atoms with E-state index in [0.29, 0.717) is 18.6 Å². The van der Waals surface area contributed by atoms with Crippen LogP contribution in [0.2, 0.25) is 0 Å². The molecule has 13 heteroatoms. The van der Waals surface area contributed by atoms with E-state index in [-0.39, 0.29) is 34.7 Å². The Balaban J connectivity index is 1.55. The molecule has 0 aromatic heterocycles. The number of hydrogen-bond donors (Lipinski definition) is 0. The molecule has 0 amide bonds. The van der Waals surface area contributed by atoms with E-state index in [1.807, 2.05) is 0 Å². The van der Waals surface area contributed by atoms with Crippen LogP contribution in [0, 0.1) is 30.3 Å². The molecule has 0 unspecified atom stereocenters. The molecule has 0 spiro atoms. The number of nitro benzene ring substituents is 3. The average molecular weight is 555 g/mol. The van der Waals surface area contributed by atoms with Gasteiger partial charge >= 0.3 is 5.97 Å². The van der Waals surface area contributed by atoms with Gasteiger partial charge in [-0.2, -0.15) is 0 Å². The summed E-state index contributed by atoms with van der Waals surface area (Å²) in [5.41, 5.74) is -0.339. The predicted molar refractivity (Wildman–Crippen MR) is 146 cm³/mol. The van der Waals surface area contributed by atoms with Crippen LogP contribution in [0.25, 0.3) is 11.1 Å². The number of benzene rings is 2. The van der Waals surface area contributed by atoms with Gasteiger partial charge in [0.2, 0.25) is 0 Å². The summed E-state index contributed by atoms with van der Waals surface area (Å²) in [7, 11) is 0. The Kier molecular flexibility index (Phi) is 10.8. The molecule has 0 aliphatic heterocycles. The van der Waals surface area contributed by atoms with E-state index in [0.717, 1.165) is 63.5 Å². The first-order valence-corrected chi connectivity index (χ1v) is 13.0. The van der Waals surface area contributed by atoms with Gasteiger partial charge in [0.25, 0.3) is 17.1 Å². The number of fused-ring (bicyclic) bond motifs is 3. The number of nitrogens with zero attached hydrogens (tertiary/aromatic N) is 4. The summed E-state index contributed by atoms with van der Waals surface area (Å²) < 4.78 is 4.94. The lowest BCUT2D eigenvalue weighted by atomic mass is 10.0. The van der Waals surface area contributed by atoms with Crippen molar-refractivity contribution in [1.82, 2.24) is 0 Å². The molecule has 0 heterocycles. The van der Waals surface area contributed by atoms with Crippen molar-refractivity contribution in [1.29, 1.82) is 0 Å². The Labute approximate surface area is 229 Å². The number of carbonyl (C=O) groups is 1. The third-order valence-corrected chi connectivity index (χ3v) is 6.45. The number of nitro groups is 3. The monoisotopic (exact) mass is 554 g/mol. The predicted octanol–water partition coefficient (Wildman–Crippen LogP) is 6.40. The van der Waals surface area contributed by atoms with Gasteiger partial charge in [0, 0.05) is 35.4 Å². The van der Waals surface area contributed by atoms with Crippen molar-refractivity contribution in [2.75, 3.05) is 13.2 Å². The lowest BCUT2D eigenvalue weighted by Gasteiger charge is -2.05. The van der Waals surface area contributed by atoms with Crippen molar-refractivity contribution < 1.29 is 29.1 Å². The smallest absolute Gasteiger partial charge is 0.330 e. The van der Waals surface area contributed by atoms with Gasteiger partial charge < -0.3 is 9.57 Å². The maximum atomic E-state index is 11.7. The highest BCUT2D eigenvalue weighted by atomic mass is 16.6. The molecule has 0 fully saturated rings. The highest BCUT2D eigenvalue weighted by molar-refractivity contribution is 6.26. The molecule has 0 radical (unpaired) electrons. The van der Waals surface area contributed by atoms with Crippen molar-refractivity contribution >= 4 is 28.7 Å². The minimum absolute atomic E-state index is 0.0831. The van der Waals surface area contributed by atoms with Gasteiger partial charge in [-0.15, -0.1) is 0 Å². The molecule has 2 aromatic rings. The number of carbonyl (C=O) groups excluding carboxylic acids is 1. The maximum absolute atomic E-state index is 11.7. The van der Waals surface area contributed by atoms with Crippen molar-refractivity contribution in [3.63, 3.8) is 0 Å². The highest BCUT2D eigenvalue weighted by Crippen LogP contribution is 2.45. The second-order valence-electron chi connectivity index (χ2n) is 9.22. The van der Waals surface area contributed by atoms with Gasteiger partial charge in [-0.25, -0.2) is 4.79 Å². The normalized spacial score (nSPS) is 12.4. The van der Waals surface area contributed by atoms with Gasteiger partial charge in [-0.05, 0) is 30.9 Å². The van der Waals surface area contributed by atoms with E-state index in [4.69, 9.17) is 9.57 Å². The minimum Gasteiger partial charge on any atom is -0.463 e. The number of esters is 1. The zero-order valence-corrected chi connectivity index (χ0v) is 21.9. The fourth-order valence-electron chi connectivity index (χ4n) is 4.48. The SMILES string of the molecule is C=CC(=O)OCCCCCCCCCCCO/N=C1\c2cc([N+](=O)[O-])ccc2-c2c1cc([N+](=O)[O-])cc2[N+](=O)[O-]. The molecule has 212 valence electrons. The van der Waals surface area contributed by atoms with Crippen LogP contribution in [-0.4, -0.2) is 39.7 Å². The van der Waals surface area contributed by atoms with E-state index in [2.05, 4.69) is 11.7 Å². The molecule has 3 rings (SSSR count). The van der Waals surface area contributed by atoms with Crippen LogP contribution in [-0.2, 0) is 14.4 Å². The molecule has 2 aromatic carbocycles. The standard InChI is InChI=1S/C27H30N4O9/c1-2-25(32)39-14-10-8-6-4-3-5-7-9-11-15-40-28-27-22-16-19(29(33)34)12-13-21(22)26-23(27)17-20(30(35)36)18-24(26)31(37)38/h2,12-13,16-18H,1,3-11,14-15H2/b28-27+. The second kappa shape index (κ2) is 14.5. The van der Waals surface area contributed by atoms with Gasteiger partial charge in [0.1, 0.15) is 12.3 Å². The van der Waals surface area contributed by atoms with Gasteiger partial charge in [-0.1, -0.05) is 50.3 Å². The molecular weight excluding hydrogens is 524 g/mol. The van der Waals surface area contributed by atoms with E-state index in [9.17, 15) is 35.1 Å². The first-order valence-electron chi connectivity index (χ1n) is 13.0. The number of rotatable bonds is 17. The van der Waals surface area contributed by atoms with Crippen molar-refractivity contribution in [3.8, 4) is 11.1 Å². The van der Waals surface area contributed by atoms with Crippen molar-refractivity contribution in [2.24, 2.45) is 5.16 Å². The Bertz CT molecular complexity index is 1320. The minimum atomic E-state index is -0.738. The van der Waals surface area contributed by atoms with E-state index >= 15 is 0 Å². The van der Waals surface area contributed by atoms with Gasteiger partial charge in [0.05, 0.1) is 33.0 Å². The van der Waals surface area contributed by atoms with Crippen LogP contribution in [0.1, 0.15) is 68.9 Å². The van der Waals surface area contributed by atoms with Crippen molar-refractivity contribution in [2.45, 2.75) is 57.8 Å². The van der Waals surface area contributed by atoms with Crippen LogP contribution >= 0.6 is 0 Å². The molecule has 40 heavy (non-hydrogen) atoms. The summed E-state index contributed by atoms with van der Waals surface area (Å²) >= 11 is 0. The number of oxime groups is 1. The molecule has 0 N–H and O–H groups in total. The Morgan fingerprint density at radius 3 is 1.90 bits per heavy atom. The van der Waals surface area contributed by atoms with E-state index in [1.165, 1.54) is 24.3 Å². The third kappa shape index (κ3) is 7.68. The summed E-state index contributed by atoms with van der Waals surface area (Å²) in [6.45, 7) is 4.02. The lowest BCUT2D eigenvalue weighted by molar-refractivity contribution is -0.393. The molecular formula is C27H30N4O9. The topological polar surface area (TPSA) is 177 Å². The fraction of sp³-hybridized carbons (Fsp3) is 0.407. The van der Waals surface area contributed by atoms with Gasteiger partial charge in [-0.3, -0.25) is 30.3 Å². The highest BCUT2D eigenvalue weighted by Gasteiger charge is 2.36. The fourth-order valence-corrected chi connectivity index (χ4v) is 4.48. The quantitative estimate of drug-likeness (QED) is 0.0600. The van der Waals surface area contributed by atoms with Gasteiger partial charge in [0.15, 0.2) is 0 Å². The Hall–Kier alpha value is -4.68. The van der Waals surface area contributed by atoms with Crippen LogP contribution in [0.15, 0.2) is 48.1 Å². The zero-order chi connectivity index (χ0) is 29.1. The second-order valence-corrected chi connectivity index (χ2v) is 9.22. The van der Waals surface area contributed by atoms with E-state index < -0.39 is 32.1 Å². The molecule has 0 saturated heterocycles. The summed E-state index contributed by atoms with van der Waals surface area (Å²) in [5, 5.41) is 38.6. The third-order valence-electron chi connectivity index (χ3n) is 6.45. The summed E-state index contributed by atoms with van der Waals surface area (Å²) in [6, 6.07) is 5.88. The molecule has 0 saturated carbocycles. The van der Waals surface area contributed by atoms with Crippen LogP contribution in [0.3, 0.4) is 0 Å². The van der Waals surface area contributed by atoms with Crippen LogP contribution in [0.4, 0.5) is 17.1 Å². The van der Waals surface area contributed by atoms with Crippen LogP contribution < -0.4 is 0 Å². The summed E-state index contributed by atoms with van der Waals surface area (Å²) in [5.74, 6) is -0.398. The first-order chi connectivity index (χ1) is 19.2. The number of hydrogen-bond acceptors (Lipinski definition) is 10. The number of unbranched alkanes of at least 4 members (excludes halogenated alkanes) is 8. The largest absolute Gasteiger partial charge is 0.463 e. The molecule has 1 aliphatic rings. The maximum Gasteiger partial charge on any atom is 0.330 e. The number of ether oxygens (including phenoxy) is 1. The molecule has 1 aliphatic carbocycles. The summed E-state index contributed by atoms with van der Waals surface area (Å²) in [6.07, 6.45) is 9.94. The summed E-state index contributed by atoms with van der Waals surface area (Å²) in [4.78, 5) is 48.9. The van der Waals surface area contributed by atoms with E-state index in [1.54, 1.807) is 0 Å².